The largest absolute Gasteiger partial charge is 0.464 e. The summed E-state index contributed by atoms with van der Waals surface area (Å²) in [6.07, 6.45) is 1.89. The average molecular weight is 347 g/mol. The van der Waals surface area contributed by atoms with E-state index in [4.69, 9.17) is 9.47 Å². The quantitative estimate of drug-likeness (QED) is 0.768. The van der Waals surface area contributed by atoms with Crippen LogP contribution in [0.4, 0.5) is 4.79 Å². The van der Waals surface area contributed by atoms with Gasteiger partial charge in [-0.2, -0.15) is 0 Å². The van der Waals surface area contributed by atoms with Crippen molar-refractivity contribution >= 4 is 12.1 Å². The Hall–Kier alpha value is -2.04. The summed E-state index contributed by atoms with van der Waals surface area (Å²) < 4.78 is 10.9. The summed E-state index contributed by atoms with van der Waals surface area (Å²) in [5.74, 6) is -0.334. The Labute approximate surface area is 150 Å². The Bertz CT molecular complexity index is 593. The minimum absolute atomic E-state index is 0.194. The van der Waals surface area contributed by atoms with E-state index < -0.39 is 17.0 Å². The third kappa shape index (κ3) is 3.97. The van der Waals surface area contributed by atoms with Crippen LogP contribution in [0.25, 0.3) is 0 Å². The summed E-state index contributed by atoms with van der Waals surface area (Å²) in [5, 5.41) is 0. The molecule has 5 heteroatoms. The van der Waals surface area contributed by atoms with Crippen LogP contribution in [-0.2, 0) is 20.9 Å². The van der Waals surface area contributed by atoms with E-state index in [1.165, 1.54) is 0 Å². The Morgan fingerprint density at radius 2 is 1.80 bits per heavy atom. The average Bonchev–Trinajstić information content (AvgIpc) is 2.59. The Morgan fingerprint density at radius 1 is 1.12 bits per heavy atom. The molecule has 0 bridgehead atoms. The highest BCUT2D eigenvalue weighted by molar-refractivity contribution is 5.87. The minimum Gasteiger partial charge on any atom is -0.464 e. The molecule has 1 heterocycles. The van der Waals surface area contributed by atoms with E-state index in [1.807, 2.05) is 51.1 Å². The van der Waals surface area contributed by atoms with Gasteiger partial charge in [-0.25, -0.2) is 9.59 Å². The van der Waals surface area contributed by atoms with Crippen LogP contribution < -0.4 is 0 Å². The zero-order valence-electron chi connectivity index (χ0n) is 15.7. The molecule has 0 radical (unpaired) electrons. The Balaban J connectivity index is 2.24. The molecule has 1 fully saturated rings. The highest BCUT2D eigenvalue weighted by atomic mass is 16.6. The minimum atomic E-state index is -0.991. The first-order valence-electron chi connectivity index (χ1n) is 8.98. The van der Waals surface area contributed by atoms with Crippen LogP contribution in [0.3, 0.4) is 0 Å². The van der Waals surface area contributed by atoms with Gasteiger partial charge < -0.3 is 9.47 Å². The Morgan fingerprint density at radius 3 is 2.40 bits per heavy atom. The number of hydrogen-bond acceptors (Lipinski definition) is 4. The van der Waals surface area contributed by atoms with Gasteiger partial charge in [0.05, 0.1) is 6.61 Å². The van der Waals surface area contributed by atoms with E-state index in [0.29, 0.717) is 19.6 Å². The Kier molecular flexibility index (Phi) is 6.09. The molecule has 1 aliphatic heterocycles. The predicted molar refractivity (Wildman–Crippen MR) is 96.0 cm³/mol. The molecular weight excluding hydrogens is 318 g/mol. The van der Waals surface area contributed by atoms with E-state index in [2.05, 4.69) is 0 Å². The maximum absolute atomic E-state index is 12.9. The molecule has 0 N–H and O–H groups in total. The lowest BCUT2D eigenvalue weighted by molar-refractivity contribution is -0.168. The molecule has 1 aromatic rings. The zero-order valence-corrected chi connectivity index (χ0v) is 15.7. The maximum atomic E-state index is 12.9. The molecule has 1 aliphatic rings. The fraction of sp³-hybridized carbons (Fsp3) is 0.600. The lowest BCUT2D eigenvalue weighted by Gasteiger charge is -2.51. The zero-order chi connectivity index (χ0) is 18.5. The second kappa shape index (κ2) is 7.89. The van der Waals surface area contributed by atoms with E-state index in [1.54, 1.807) is 11.8 Å². The number of ether oxygens (including phenoxy) is 2. The van der Waals surface area contributed by atoms with E-state index >= 15 is 0 Å². The topological polar surface area (TPSA) is 55.8 Å². The number of benzene rings is 1. The maximum Gasteiger partial charge on any atom is 0.411 e. The van der Waals surface area contributed by atoms with Gasteiger partial charge in [-0.3, -0.25) is 4.90 Å². The molecule has 2 rings (SSSR count). The smallest absolute Gasteiger partial charge is 0.411 e. The van der Waals surface area contributed by atoms with Gasteiger partial charge in [0, 0.05) is 6.54 Å². The van der Waals surface area contributed by atoms with Crippen molar-refractivity contribution in [2.75, 3.05) is 13.2 Å². The number of esters is 1. The van der Waals surface area contributed by atoms with Crippen molar-refractivity contribution < 1.29 is 19.1 Å². The number of piperidine rings is 1. The molecule has 138 valence electrons. The SMILES string of the molecule is CCOC(=O)[C@@]1(C(C)(C)C)CCCCN1C(=O)OCc1ccccc1. The van der Waals surface area contributed by atoms with Gasteiger partial charge in [0.2, 0.25) is 0 Å². The van der Waals surface area contributed by atoms with Gasteiger partial charge in [-0.05, 0) is 37.2 Å². The number of rotatable bonds is 4. The third-order valence-electron chi connectivity index (χ3n) is 4.91. The molecule has 1 saturated heterocycles. The van der Waals surface area contributed by atoms with Crippen LogP contribution in [0.5, 0.6) is 0 Å². The normalized spacial score (nSPS) is 20.9. The van der Waals surface area contributed by atoms with Gasteiger partial charge in [-0.15, -0.1) is 0 Å². The molecule has 1 atom stereocenters. The molecule has 0 saturated carbocycles. The molecule has 0 spiro atoms. The highest BCUT2D eigenvalue weighted by Gasteiger charge is 2.57. The fourth-order valence-corrected chi connectivity index (χ4v) is 3.57. The summed E-state index contributed by atoms with van der Waals surface area (Å²) in [4.78, 5) is 27.3. The first-order chi connectivity index (χ1) is 11.8. The van der Waals surface area contributed by atoms with E-state index in [0.717, 1.165) is 18.4 Å². The molecule has 5 nitrogen and oxygen atoms in total. The summed E-state index contributed by atoms with van der Waals surface area (Å²) in [7, 11) is 0. The monoisotopic (exact) mass is 347 g/mol. The van der Waals surface area contributed by atoms with Crippen LogP contribution in [-0.4, -0.2) is 35.7 Å². The lowest BCUT2D eigenvalue weighted by atomic mass is 9.68. The van der Waals surface area contributed by atoms with Crippen molar-refractivity contribution in [3.05, 3.63) is 35.9 Å². The van der Waals surface area contributed by atoms with Crippen LogP contribution in [0.15, 0.2) is 30.3 Å². The highest BCUT2D eigenvalue weighted by Crippen LogP contribution is 2.44. The van der Waals surface area contributed by atoms with Gasteiger partial charge in [0.25, 0.3) is 0 Å². The molecule has 0 aliphatic carbocycles. The lowest BCUT2D eigenvalue weighted by Crippen LogP contribution is -2.66. The third-order valence-corrected chi connectivity index (χ3v) is 4.91. The van der Waals surface area contributed by atoms with Gasteiger partial charge in [0.15, 0.2) is 0 Å². The van der Waals surface area contributed by atoms with Gasteiger partial charge in [-0.1, -0.05) is 51.1 Å². The first kappa shape index (κ1) is 19.3. The van der Waals surface area contributed by atoms with E-state index in [-0.39, 0.29) is 12.6 Å². The summed E-state index contributed by atoms with van der Waals surface area (Å²) in [6.45, 7) is 8.72. The van der Waals surface area contributed by atoms with Crippen molar-refractivity contribution in [1.82, 2.24) is 4.90 Å². The summed E-state index contributed by atoms with van der Waals surface area (Å²) in [5.41, 5.74) is -0.522. The van der Waals surface area contributed by atoms with Crippen molar-refractivity contribution in [2.24, 2.45) is 5.41 Å². The van der Waals surface area contributed by atoms with Gasteiger partial charge in [0.1, 0.15) is 12.1 Å². The van der Waals surface area contributed by atoms with Crippen LogP contribution >= 0.6 is 0 Å². The number of nitrogens with zero attached hydrogens (tertiary/aromatic N) is 1. The van der Waals surface area contributed by atoms with Crippen molar-refractivity contribution in [2.45, 2.75) is 59.1 Å². The first-order valence-corrected chi connectivity index (χ1v) is 8.98. The second-order valence-electron chi connectivity index (χ2n) is 7.48. The number of carbonyl (C=O) groups excluding carboxylic acids is 2. The summed E-state index contributed by atoms with van der Waals surface area (Å²) in [6, 6.07) is 9.54. The van der Waals surface area contributed by atoms with Crippen molar-refractivity contribution in [1.29, 1.82) is 0 Å². The fourth-order valence-electron chi connectivity index (χ4n) is 3.57. The molecule has 0 aromatic heterocycles. The van der Waals surface area contributed by atoms with Gasteiger partial charge >= 0.3 is 12.1 Å². The standard InChI is InChI=1S/C20H29NO4/c1-5-24-17(22)20(19(2,3)4)13-9-10-14-21(20)18(23)25-15-16-11-7-6-8-12-16/h6-8,11-12H,5,9-10,13-15H2,1-4H3/t20-/m1/s1. The van der Waals surface area contributed by atoms with Crippen molar-refractivity contribution in [3.8, 4) is 0 Å². The summed E-state index contributed by atoms with van der Waals surface area (Å²) >= 11 is 0. The van der Waals surface area contributed by atoms with Crippen LogP contribution in [0, 0.1) is 5.41 Å². The predicted octanol–water partition coefficient (Wildman–Crippen LogP) is 4.16. The number of amides is 1. The second-order valence-corrected chi connectivity index (χ2v) is 7.48. The molecule has 1 amide bonds. The van der Waals surface area contributed by atoms with Crippen molar-refractivity contribution in [3.63, 3.8) is 0 Å². The molecule has 0 unspecified atom stereocenters. The number of likely N-dealkylation sites (tertiary alicyclic amines) is 1. The van der Waals surface area contributed by atoms with E-state index in [9.17, 15) is 9.59 Å². The number of carbonyl (C=O) groups is 2. The molecular formula is C20H29NO4. The number of hydrogen-bond donors (Lipinski definition) is 0. The van der Waals surface area contributed by atoms with Crippen LogP contribution in [0.2, 0.25) is 0 Å². The molecule has 1 aromatic carbocycles. The van der Waals surface area contributed by atoms with Crippen LogP contribution in [0.1, 0.15) is 52.5 Å². The molecule has 25 heavy (non-hydrogen) atoms.